The van der Waals surface area contributed by atoms with Gasteiger partial charge in [-0.25, -0.2) is 4.39 Å². The van der Waals surface area contributed by atoms with Crippen molar-refractivity contribution < 1.29 is 4.39 Å². The monoisotopic (exact) mass is 226 g/mol. The molecule has 0 fully saturated rings. The Balaban J connectivity index is 2.87. The lowest BCUT2D eigenvalue weighted by Gasteiger charge is -2.11. The predicted molar refractivity (Wildman–Crippen MR) is 58.1 cm³/mol. The third-order valence-corrected chi connectivity index (χ3v) is 2.16. The highest BCUT2D eigenvalue weighted by molar-refractivity contribution is 6.30. The number of rotatable bonds is 4. The van der Waals surface area contributed by atoms with Gasteiger partial charge >= 0.3 is 0 Å². The number of benzene rings is 1. The van der Waals surface area contributed by atoms with Gasteiger partial charge in [-0.1, -0.05) is 18.5 Å². The van der Waals surface area contributed by atoms with Gasteiger partial charge in [-0.15, -0.1) is 0 Å². The number of hydrogen-bond acceptors (Lipinski definition) is 2. The van der Waals surface area contributed by atoms with Gasteiger partial charge in [-0.3, -0.25) is 5.32 Å². The van der Waals surface area contributed by atoms with E-state index >= 15 is 0 Å². The predicted octanol–water partition coefficient (Wildman–Crippen LogP) is 3.04. The van der Waals surface area contributed by atoms with Gasteiger partial charge in [0.2, 0.25) is 0 Å². The molecule has 1 atom stereocenters. The largest absolute Gasteiger partial charge is 0.298 e. The van der Waals surface area contributed by atoms with Crippen LogP contribution in [0.5, 0.6) is 0 Å². The summed E-state index contributed by atoms with van der Waals surface area (Å²) in [5.74, 6) is -0.420. The molecule has 0 aliphatic carbocycles. The molecule has 1 rings (SSSR count). The Hall–Kier alpha value is -1.11. The standard InChI is InChI=1S/C11H12ClFN2/c1-2-3-15-11(7-14)8-4-9(12)6-10(13)5-8/h4-6,11,15H,2-3H2,1H3. The molecule has 0 aromatic heterocycles. The molecule has 1 aromatic rings. The molecular weight excluding hydrogens is 215 g/mol. The van der Waals surface area contributed by atoms with Crippen molar-refractivity contribution in [3.63, 3.8) is 0 Å². The van der Waals surface area contributed by atoms with Gasteiger partial charge in [0.15, 0.2) is 0 Å². The Morgan fingerprint density at radius 3 is 2.80 bits per heavy atom. The van der Waals surface area contributed by atoms with Crippen molar-refractivity contribution in [3.05, 3.63) is 34.6 Å². The minimum Gasteiger partial charge on any atom is -0.298 e. The van der Waals surface area contributed by atoms with Crippen molar-refractivity contribution in [2.45, 2.75) is 19.4 Å². The minimum absolute atomic E-state index is 0.309. The summed E-state index contributed by atoms with van der Waals surface area (Å²) in [5, 5.41) is 12.2. The van der Waals surface area contributed by atoms with E-state index in [0.29, 0.717) is 17.1 Å². The molecule has 0 aliphatic rings. The molecule has 15 heavy (non-hydrogen) atoms. The molecule has 0 spiro atoms. The van der Waals surface area contributed by atoms with E-state index in [2.05, 4.69) is 11.4 Å². The third kappa shape index (κ3) is 3.50. The van der Waals surface area contributed by atoms with Crippen LogP contribution in [0.15, 0.2) is 18.2 Å². The topological polar surface area (TPSA) is 35.8 Å². The second-order valence-corrected chi connectivity index (χ2v) is 3.66. The molecule has 0 aliphatic heterocycles. The van der Waals surface area contributed by atoms with Crippen LogP contribution in [-0.2, 0) is 0 Å². The number of halogens is 2. The van der Waals surface area contributed by atoms with E-state index in [1.165, 1.54) is 12.1 Å². The maximum Gasteiger partial charge on any atom is 0.125 e. The minimum atomic E-state index is -0.502. The van der Waals surface area contributed by atoms with E-state index in [9.17, 15) is 4.39 Å². The summed E-state index contributed by atoms with van der Waals surface area (Å²) in [7, 11) is 0. The molecule has 0 saturated heterocycles. The molecule has 0 heterocycles. The summed E-state index contributed by atoms with van der Waals surface area (Å²) in [5.41, 5.74) is 0.566. The van der Waals surface area contributed by atoms with Crippen molar-refractivity contribution in [3.8, 4) is 6.07 Å². The van der Waals surface area contributed by atoms with Crippen LogP contribution in [-0.4, -0.2) is 6.54 Å². The fourth-order valence-electron chi connectivity index (χ4n) is 1.27. The summed E-state index contributed by atoms with van der Waals surface area (Å²) in [6.07, 6.45) is 0.918. The van der Waals surface area contributed by atoms with Gasteiger partial charge < -0.3 is 0 Å². The highest BCUT2D eigenvalue weighted by Gasteiger charge is 2.10. The zero-order chi connectivity index (χ0) is 11.3. The summed E-state index contributed by atoms with van der Waals surface area (Å²) in [4.78, 5) is 0. The van der Waals surface area contributed by atoms with E-state index in [1.807, 2.05) is 6.92 Å². The van der Waals surface area contributed by atoms with Gasteiger partial charge in [0.25, 0.3) is 0 Å². The average molecular weight is 227 g/mol. The quantitative estimate of drug-likeness (QED) is 0.857. The SMILES string of the molecule is CCCNC(C#N)c1cc(F)cc(Cl)c1. The molecular formula is C11H12ClFN2. The summed E-state index contributed by atoms with van der Waals surface area (Å²) in [6, 6.07) is 5.71. The smallest absolute Gasteiger partial charge is 0.125 e. The van der Waals surface area contributed by atoms with Crippen LogP contribution < -0.4 is 5.32 Å². The van der Waals surface area contributed by atoms with Gasteiger partial charge in [0.05, 0.1) is 6.07 Å². The molecule has 0 saturated carbocycles. The van der Waals surface area contributed by atoms with Gasteiger partial charge in [0, 0.05) is 5.02 Å². The highest BCUT2D eigenvalue weighted by Crippen LogP contribution is 2.19. The number of hydrogen-bond donors (Lipinski definition) is 1. The van der Waals surface area contributed by atoms with E-state index in [1.54, 1.807) is 6.07 Å². The van der Waals surface area contributed by atoms with Gasteiger partial charge in [-0.05, 0) is 36.7 Å². The van der Waals surface area contributed by atoms with Crippen LogP contribution in [0.25, 0.3) is 0 Å². The van der Waals surface area contributed by atoms with Crippen molar-refractivity contribution in [2.75, 3.05) is 6.54 Å². The molecule has 1 unspecified atom stereocenters. The molecule has 0 amide bonds. The molecule has 80 valence electrons. The maximum absolute atomic E-state index is 13.0. The molecule has 1 aromatic carbocycles. The summed E-state index contributed by atoms with van der Waals surface area (Å²) in [6.45, 7) is 2.71. The van der Waals surface area contributed by atoms with Gasteiger partial charge in [0.1, 0.15) is 11.9 Å². The Kier molecular flexibility index (Phi) is 4.54. The van der Waals surface area contributed by atoms with Crippen LogP contribution >= 0.6 is 11.6 Å². The van der Waals surface area contributed by atoms with Crippen LogP contribution in [0.2, 0.25) is 5.02 Å². The first-order chi connectivity index (χ1) is 7.17. The van der Waals surface area contributed by atoms with Crippen molar-refractivity contribution in [1.82, 2.24) is 5.32 Å². The zero-order valence-corrected chi connectivity index (χ0v) is 9.18. The van der Waals surface area contributed by atoms with Crippen molar-refractivity contribution >= 4 is 11.6 Å². The van der Waals surface area contributed by atoms with Crippen LogP contribution in [0.4, 0.5) is 4.39 Å². The second kappa shape index (κ2) is 5.69. The lowest BCUT2D eigenvalue weighted by atomic mass is 10.1. The van der Waals surface area contributed by atoms with Crippen LogP contribution in [0.1, 0.15) is 24.9 Å². The van der Waals surface area contributed by atoms with E-state index in [-0.39, 0.29) is 0 Å². The van der Waals surface area contributed by atoms with Gasteiger partial charge in [-0.2, -0.15) is 5.26 Å². The first-order valence-corrected chi connectivity index (χ1v) is 5.14. The molecule has 1 N–H and O–H groups in total. The number of nitrogens with one attached hydrogen (secondary N) is 1. The third-order valence-electron chi connectivity index (χ3n) is 1.95. The summed E-state index contributed by atoms with van der Waals surface area (Å²) < 4.78 is 13.0. The Morgan fingerprint density at radius 2 is 2.27 bits per heavy atom. The van der Waals surface area contributed by atoms with Crippen LogP contribution in [0, 0.1) is 17.1 Å². The van der Waals surface area contributed by atoms with Crippen LogP contribution in [0.3, 0.4) is 0 Å². The second-order valence-electron chi connectivity index (χ2n) is 3.22. The first kappa shape index (κ1) is 12.0. The molecule has 4 heteroatoms. The Bertz CT molecular complexity index is 353. The Labute approximate surface area is 93.7 Å². The normalized spacial score (nSPS) is 12.1. The lowest BCUT2D eigenvalue weighted by molar-refractivity contribution is 0.601. The van der Waals surface area contributed by atoms with E-state index in [0.717, 1.165) is 6.42 Å². The Morgan fingerprint density at radius 1 is 1.53 bits per heavy atom. The van der Waals surface area contributed by atoms with Crippen molar-refractivity contribution in [1.29, 1.82) is 5.26 Å². The maximum atomic E-state index is 13.0. The molecule has 0 bridgehead atoms. The van der Waals surface area contributed by atoms with Crippen molar-refractivity contribution in [2.24, 2.45) is 0 Å². The molecule has 2 nitrogen and oxygen atoms in total. The first-order valence-electron chi connectivity index (χ1n) is 4.76. The van der Waals surface area contributed by atoms with E-state index < -0.39 is 11.9 Å². The lowest BCUT2D eigenvalue weighted by Crippen LogP contribution is -2.20. The average Bonchev–Trinajstić information content (AvgIpc) is 2.17. The number of nitrogens with zero attached hydrogens (tertiary/aromatic N) is 1. The summed E-state index contributed by atoms with van der Waals surface area (Å²) >= 11 is 5.71. The fraction of sp³-hybridized carbons (Fsp3) is 0.364. The fourth-order valence-corrected chi connectivity index (χ4v) is 1.50. The zero-order valence-electron chi connectivity index (χ0n) is 8.43. The van der Waals surface area contributed by atoms with E-state index in [4.69, 9.17) is 16.9 Å². The highest BCUT2D eigenvalue weighted by atomic mass is 35.5. The molecule has 0 radical (unpaired) electrons. The number of nitriles is 1.